The van der Waals surface area contributed by atoms with Crippen LogP contribution >= 0.6 is 11.6 Å². The zero-order valence-corrected chi connectivity index (χ0v) is 11.7. The number of anilines is 1. The first-order chi connectivity index (χ1) is 8.69. The second kappa shape index (κ2) is 5.72. The number of ether oxygens (including phenoxy) is 1. The molecule has 1 rings (SSSR count). The van der Waals surface area contributed by atoms with Crippen LogP contribution in [0.2, 0.25) is 5.02 Å². The van der Waals surface area contributed by atoms with Gasteiger partial charge in [0.25, 0.3) is 0 Å². The van der Waals surface area contributed by atoms with Gasteiger partial charge in [0.1, 0.15) is 10.9 Å². The molecule has 0 aromatic heterocycles. The molecule has 1 unspecified atom stereocenters. The van der Waals surface area contributed by atoms with Crippen LogP contribution in [0.3, 0.4) is 0 Å². The van der Waals surface area contributed by atoms with Crippen molar-refractivity contribution in [1.29, 1.82) is 0 Å². The standard InChI is InChI=1S/C10H12ClFN2O4S/c1-5(10(15)18-2)14-19(16,17)8-4-6(13)3-7(11)9(8)12/h3-5,14H,13H2,1-2H3. The predicted molar refractivity (Wildman–Crippen MR) is 67.6 cm³/mol. The molecule has 0 spiro atoms. The molecule has 0 heterocycles. The van der Waals surface area contributed by atoms with Gasteiger partial charge in [-0.2, -0.15) is 4.72 Å². The van der Waals surface area contributed by atoms with Crippen molar-refractivity contribution < 1.29 is 22.3 Å². The third-order valence-corrected chi connectivity index (χ3v) is 4.01. The molecular weight excluding hydrogens is 299 g/mol. The Hall–Kier alpha value is -1.38. The number of methoxy groups -OCH3 is 1. The molecule has 0 radical (unpaired) electrons. The maximum absolute atomic E-state index is 13.7. The number of rotatable bonds is 4. The molecule has 0 aliphatic carbocycles. The first kappa shape index (κ1) is 15.7. The topological polar surface area (TPSA) is 98.5 Å². The highest BCUT2D eigenvalue weighted by atomic mass is 35.5. The van der Waals surface area contributed by atoms with E-state index in [1.165, 1.54) is 6.92 Å². The van der Waals surface area contributed by atoms with Gasteiger partial charge in [-0.25, -0.2) is 12.8 Å². The minimum absolute atomic E-state index is 0.0162. The number of sulfonamides is 1. The average molecular weight is 311 g/mol. The number of halogens is 2. The Kier molecular flexibility index (Phi) is 4.72. The summed E-state index contributed by atoms with van der Waals surface area (Å²) in [4.78, 5) is 10.4. The van der Waals surface area contributed by atoms with Gasteiger partial charge in [0.15, 0.2) is 5.82 Å². The Balaban J connectivity index is 3.18. The van der Waals surface area contributed by atoms with E-state index in [1.807, 2.05) is 4.72 Å². The maximum atomic E-state index is 13.7. The van der Waals surface area contributed by atoms with Crippen molar-refractivity contribution in [1.82, 2.24) is 4.72 Å². The number of hydrogen-bond acceptors (Lipinski definition) is 5. The van der Waals surface area contributed by atoms with E-state index < -0.39 is 37.8 Å². The van der Waals surface area contributed by atoms with Gasteiger partial charge in [-0.3, -0.25) is 4.79 Å². The van der Waals surface area contributed by atoms with E-state index >= 15 is 0 Å². The molecular formula is C10H12ClFN2O4S. The Labute approximate surface area is 114 Å². The quantitative estimate of drug-likeness (QED) is 0.636. The second-order valence-electron chi connectivity index (χ2n) is 3.68. The first-order valence-corrected chi connectivity index (χ1v) is 6.90. The summed E-state index contributed by atoms with van der Waals surface area (Å²) in [6.45, 7) is 1.26. The van der Waals surface area contributed by atoms with E-state index in [1.54, 1.807) is 0 Å². The summed E-state index contributed by atoms with van der Waals surface area (Å²) in [6.07, 6.45) is 0. The normalized spacial score (nSPS) is 13.1. The van der Waals surface area contributed by atoms with Crippen molar-refractivity contribution in [2.24, 2.45) is 0 Å². The third kappa shape index (κ3) is 3.55. The zero-order chi connectivity index (χ0) is 14.8. The van der Waals surface area contributed by atoms with E-state index in [2.05, 4.69) is 4.74 Å². The molecule has 0 bridgehead atoms. The van der Waals surface area contributed by atoms with E-state index in [0.29, 0.717) is 0 Å². The van der Waals surface area contributed by atoms with Crippen LogP contribution in [-0.2, 0) is 19.6 Å². The molecule has 0 aliphatic heterocycles. The van der Waals surface area contributed by atoms with Crippen molar-refractivity contribution in [3.8, 4) is 0 Å². The monoisotopic (exact) mass is 310 g/mol. The number of carbonyl (C=O) groups excluding carboxylic acids is 1. The highest BCUT2D eigenvalue weighted by Crippen LogP contribution is 2.25. The summed E-state index contributed by atoms with van der Waals surface area (Å²) in [5.41, 5.74) is 5.39. The molecule has 0 fully saturated rings. The van der Waals surface area contributed by atoms with E-state index in [4.69, 9.17) is 17.3 Å². The average Bonchev–Trinajstić information content (AvgIpc) is 2.31. The summed E-state index contributed by atoms with van der Waals surface area (Å²) in [6, 6.07) is 0.822. The van der Waals surface area contributed by atoms with Gasteiger partial charge >= 0.3 is 5.97 Å². The van der Waals surface area contributed by atoms with Crippen molar-refractivity contribution in [2.75, 3.05) is 12.8 Å². The van der Waals surface area contributed by atoms with E-state index in [-0.39, 0.29) is 5.69 Å². The summed E-state index contributed by atoms with van der Waals surface area (Å²) in [7, 11) is -3.18. The second-order valence-corrected chi connectivity index (χ2v) is 5.77. The molecule has 1 aromatic carbocycles. The number of carbonyl (C=O) groups is 1. The molecule has 0 saturated heterocycles. The van der Waals surface area contributed by atoms with Crippen molar-refractivity contribution in [2.45, 2.75) is 17.9 Å². The van der Waals surface area contributed by atoms with Gasteiger partial charge in [-0.15, -0.1) is 0 Å². The van der Waals surface area contributed by atoms with Crippen molar-refractivity contribution in [3.05, 3.63) is 23.0 Å². The Morgan fingerprint density at radius 3 is 2.63 bits per heavy atom. The number of esters is 1. The highest BCUT2D eigenvalue weighted by molar-refractivity contribution is 7.89. The lowest BCUT2D eigenvalue weighted by atomic mass is 10.3. The van der Waals surface area contributed by atoms with Gasteiger partial charge in [0, 0.05) is 5.69 Å². The highest BCUT2D eigenvalue weighted by Gasteiger charge is 2.26. The number of nitrogen functional groups attached to an aromatic ring is 1. The molecule has 1 atom stereocenters. The maximum Gasteiger partial charge on any atom is 0.323 e. The Morgan fingerprint density at radius 2 is 2.11 bits per heavy atom. The van der Waals surface area contributed by atoms with Crippen LogP contribution < -0.4 is 10.5 Å². The Bertz CT molecular complexity index is 606. The first-order valence-electron chi connectivity index (χ1n) is 5.03. The largest absolute Gasteiger partial charge is 0.468 e. The van der Waals surface area contributed by atoms with Crippen LogP contribution in [0.25, 0.3) is 0 Å². The zero-order valence-electron chi connectivity index (χ0n) is 10.1. The van der Waals surface area contributed by atoms with Gasteiger partial charge in [-0.05, 0) is 19.1 Å². The van der Waals surface area contributed by atoms with Crippen LogP contribution in [0.5, 0.6) is 0 Å². The summed E-state index contributed by atoms with van der Waals surface area (Å²) in [5.74, 6) is -1.94. The van der Waals surface area contributed by atoms with E-state index in [9.17, 15) is 17.6 Å². The molecule has 19 heavy (non-hydrogen) atoms. The number of nitrogens with one attached hydrogen (secondary N) is 1. The minimum Gasteiger partial charge on any atom is -0.468 e. The molecule has 0 saturated carbocycles. The van der Waals surface area contributed by atoms with Crippen molar-refractivity contribution >= 4 is 33.3 Å². The fourth-order valence-corrected chi connectivity index (χ4v) is 2.91. The smallest absolute Gasteiger partial charge is 0.323 e. The van der Waals surface area contributed by atoms with Gasteiger partial charge < -0.3 is 10.5 Å². The van der Waals surface area contributed by atoms with Crippen LogP contribution in [-0.4, -0.2) is 27.5 Å². The summed E-state index contributed by atoms with van der Waals surface area (Å²) >= 11 is 5.51. The lowest BCUT2D eigenvalue weighted by Gasteiger charge is -2.13. The van der Waals surface area contributed by atoms with Crippen LogP contribution in [0.4, 0.5) is 10.1 Å². The molecule has 0 amide bonds. The van der Waals surface area contributed by atoms with Gasteiger partial charge in [0.05, 0.1) is 12.1 Å². The lowest BCUT2D eigenvalue weighted by molar-refractivity contribution is -0.142. The summed E-state index contributed by atoms with van der Waals surface area (Å²) < 4.78 is 43.8. The lowest BCUT2D eigenvalue weighted by Crippen LogP contribution is -2.39. The Morgan fingerprint density at radius 1 is 1.53 bits per heavy atom. The van der Waals surface area contributed by atoms with Crippen molar-refractivity contribution in [3.63, 3.8) is 0 Å². The van der Waals surface area contributed by atoms with Gasteiger partial charge in [-0.1, -0.05) is 11.6 Å². The molecule has 9 heteroatoms. The number of benzene rings is 1. The number of hydrogen-bond donors (Lipinski definition) is 2. The fraction of sp³-hybridized carbons (Fsp3) is 0.300. The molecule has 3 N–H and O–H groups in total. The SMILES string of the molecule is COC(=O)C(C)NS(=O)(=O)c1cc(N)cc(Cl)c1F. The third-order valence-electron chi connectivity index (χ3n) is 2.19. The molecule has 0 aliphatic rings. The molecule has 106 valence electrons. The molecule has 1 aromatic rings. The minimum atomic E-state index is -4.28. The fourth-order valence-electron chi connectivity index (χ4n) is 1.30. The number of nitrogens with two attached hydrogens (primary N) is 1. The van der Waals surface area contributed by atoms with Crippen LogP contribution in [0.1, 0.15) is 6.92 Å². The van der Waals surface area contributed by atoms with Crippen LogP contribution in [0, 0.1) is 5.82 Å². The van der Waals surface area contributed by atoms with Crippen LogP contribution in [0.15, 0.2) is 17.0 Å². The predicted octanol–water partition coefficient (Wildman–Crippen LogP) is 0.901. The van der Waals surface area contributed by atoms with Gasteiger partial charge in [0.2, 0.25) is 10.0 Å². The molecule has 6 nitrogen and oxygen atoms in total. The summed E-state index contributed by atoms with van der Waals surface area (Å²) in [5, 5.41) is -0.425. The van der Waals surface area contributed by atoms with E-state index in [0.717, 1.165) is 19.2 Å².